The van der Waals surface area contributed by atoms with Crippen LogP contribution in [0.1, 0.15) is 232 Å². The monoisotopic (exact) mass is 970 g/mol. The Morgan fingerprint density at radius 1 is 0.456 bits per heavy atom. The van der Waals surface area contributed by atoms with Crippen molar-refractivity contribution in [3.63, 3.8) is 0 Å². The summed E-state index contributed by atoms with van der Waals surface area (Å²) in [5, 5.41) is 0. The predicted molar refractivity (Wildman–Crippen MR) is 293 cm³/mol. The Labute approximate surface area is 419 Å². The summed E-state index contributed by atoms with van der Waals surface area (Å²) in [6.07, 6.45) is 74.6. The van der Waals surface area contributed by atoms with E-state index in [1.807, 2.05) is 0 Å². The number of rotatable bonds is 52. The van der Waals surface area contributed by atoms with Gasteiger partial charge in [-0.25, -0.2) is 4.57 Å². The topological polar surface area (TPSA) is 117 Å². The molecule has 392 valence electrons. The van der Waals surface area contributed by atoms with E-state index < -0.39 is 13.9 Å². The van der Waals surface area contributed by atoms with Crippen molar-refractivity contribution < 1.29 is 32.8 Å². The second-order valence-electron chi connectivity index (χ2n) is 18.1. The first-order valence-electron chi connectivity index (χ1n) is 27.7. The molecular formula is C59H104NO7P. The molecule has 0 heterocycles. The fourth-order valence-electron chi connectivity index (χ4n) is 7.44. The number of hydrogen-bond acceptors (Lipinski definition) is 7. The standard InChI is InChI=1S/C59H104NO7P/c1-3-5-7-9-11-13-15-17-19-21-23-25-27-29-30-32-34-36-38-40-42-44-46-48-50-52-59(61)67-58(57-66-68(62,63)65-55-53-60)56-64-54-51-49-47-45-43-41-39-37-35-33-31-28-26-24-22-20-18-16-14-12-10-8-6-4-2/h6,8,12,14,18,20-21,23-24,26,31,33,37,39,43,45,58H,3-5,7,9-11,13,15-17,19,22,25,27-30,32,34-36,38,40-42,44,46-57,60H2,1-2H3,(H,62,63)/b8-6-,14-12-,20-18-,23-21-,26-24-,33-31-,39-37-,45-43-. The Bertz CT molecular complexity index is 1370. The first-order chi connectivity index (χ1) is 33.4. The third-order valence-corrected chi connectivity index (χ3v) is 12.5. The zero-order valence-corrected chi connectivity index (χ0v) is 44.7. The smallest absolute Gasteiger partial charge is 0.457 e. The van der Waals surface area contributed by atoms with Crippen molar-refractivity contribution in [3.05, 3.63) is 97.2 Å². The molecule has 0 saturated heterocycles. The number of carbonyl (C=O) groups excluding carboxylic acids is 1. The van der Waals surface area contributed by atoms with E-state index in [2.05, 4.69) is 111 Å². The molecule has 68 heavy (non-hydrogen) atoms. The molecule has 0 spiro atoms. The molecule has 0 bridgehead atoms. The van der Waals surface area contributed by atoms with Gasteiger partial charge in [-0.1, -0.05) is 227 Å². The lowest BCUT2D eigenvalue weighted by Gasteiger charge is -2.20. The summed E-state index contributed by atoms with van der Waals surface area (Å²) < 4.78 is 33.6. The lowest BCUT2D eigenvalue weighted by molar-refractivity contribution is -0.154. The zero-order chi connectivity index (χ0) is 49.4. The lowest BCUT2D eigenvalue weighted by atomic mass is 10.0. The molecule has 8 nitrogen and oxygen atoms in total. The molecular weight excluding hydrogens is 866 g/mol. The molecule has 0 amide bonds. The molecule has 2 unspecified atom stereocenters. The van der Waals surface area contributed by atoms with E-state index in [-0.39, 0.29) is 32.3 Å². The van der Waals surface area contributed by atoms with Gasteiger partial charge in [0.15, 0.2) is 0 Å². The second-order valence-corrected chi connectivity index (χ2v) is 19.5. The Morgan fingerprint density at radius 3 is 1.25 bits per heavy atom. The number of carbonyl (C=O) groups is 1. The van der Waals surface area contributed by atoms with E-state index in [1.54, 1.807) is 0 Å². The van der Waals surface area contributed by atoms with E-state index >= 15 is 0 Å². The quantitative estimate of drug-likeness (QED) is 0.0268. The molecule has 0 saturated carbocycles. The van der Waals surface area contributed by atoms with Crippen LogP contribution in [-0.4, -0.2) is 49.9 Å². The van der Waals surface area contributed by atoms with Gasteiger partial charge in [0.05, 0.1) is 19.8 Å². The number of allylic oxidation sites excluding steroid dienone is 16. The van der Waals surface area contributed by atoms with Crippen molar-refractivity contribution in [2.24, 2.45) is 5.73 Å². The molecule has 3 N–H and O–H groups in total. The zero-order valence-electron chi connectivity index (χ0n) is 43.8. The highest BCUT2D eigenvalue weighted by molar-refractivity contribution is 7.47. The van der Waals surface area contributed by atoms with Gasteiger partial charge < -0.3 is 20.1 Å². The maximum absolute atomic E-state index is 12.7. The molecule has 0 aromatic rings. The molecule has 9 heteroatoms. The molecule has 0 aliphatic heterocycles. The van der Waals surface area contributed by atoms with Crippen LogP contribution in [0.3, 0.4) is 0 Å². The molecule has 0 aliphatic rings. The Hall–Kier alpha value is -2.58. The lowest BCUT2D eigenvalue weighted by Crippen LogP contribution is -2.28. The van der Waals surface area contributed by atoms with Gasteiger partial charge in [0.2, 0.25) is 0 Å². The number of ether oxygens (including phenoxy) is 2. The maximum atomic E-state index is 12.7. The number of unbranched alkanes of at least 4 members (excludes halogenated alkanes) is 23. The highest BCUT2D eigenvalue weighted by Gasteiger charge is 2.25. The Morgan fingerprint density at radius 2 is 0.824 bits per heavy atom. The van der Waals surface area contributed by atoms with Crippen LogP contribution in [0, 0.1) is 0 Å². The second kappa shape index (κ2) is 55.3. The maximum Gasteiger partial charge on any atom is 0.472 e. The van der Waals surface area contributed by atoms with Gasteiger partial charge in [-0.15, -0.1) is 0 Å². The summed E-state index contributed by atoms with van der Waals surface area (Å²) >= 11 is 0. The third kappa shape index (κ3) is 54.4. The number of hydrogen-bond donors (Lipinski definition) is 2. The molecule has 0 fully saturated rings. The molecule has 0 aromatic carbocycles. The minimum Gasteiger partial charge on any atom is -0.457 e. The average molecular weight is 970 g/mol. The van der Waals surface area contributed by atoms with Gasteiger partial charge >= 0.3 is 13.8 Å². The van der Waals surface area contributed by atoms with Gasteiger partial charge in [-0.2, -0.15) is 0 Å². The summed E-state index contributed by atoms with van der Waals surface area (Å²) in [4.78, 5) is 22.6. The largest absolute Gasteiger partial charge is 0.472 e. The van der Waals surface area contributed by atoms with Gasteiger partial charge in [-0.05, 0) is 96.3 Å². The molecule has 0 aliphatic carbocycles. The normalized spacial score (nSPS) is 14.0. The number of phosphoric acid groups is 1. The summed E-state index contributed by atoms with van der Waals surface area (Å²) in [6.45, 7) is 4.70. The highest BCUT2D eigenvalue weighted by atomic mass is 31.2. The summed E-state index contributed by atoms with van der Waals surface area (Å²) in [7, 11) is -4.30. The van der Waals surface area contributed by atoms with Crippen LogP contribution >= 0.6 is 7.82 Å². The van der Waals surface area contributed by atoms with Crippen LogP contribution < -0.4 is 5.73 Å². The van der Waals surface area contributed by atoms with Crippen LogP contribution in [0.4, 0.5) is 0 Å². The van der Waals surface area contributed by atoms with Crippen LogP contribution in [0.15, 0.2) is 97.2 Å². The van der Waals surface area contributed by atoms with Crippen molar-refractivity contribution in [3.8, 4) is 0 Å². The summed E-state index contributed by atoms with van der Waals surface area (Å²) in [5.41, 5.74) is 5.39. The van der Waals surface area contributed by atoms with Crippen LogP contribution in [0.25, 0.3) is 0 Å². The van der Waals surface area contributed by atoms with E-state index in [0.29, 0.717) is 13.0 Å². The SMILES string of the molecule is CC/C=C\C/C=C\C/C=C\C/C=C\C/C=C\C/C=C\C/C=C\CCCCOCC(COP(=O)(O)OCCN)OC(=O)CCCCCCCCCCCCCCC/C=C\CCCCCCCCCC. The van der Waals surface area contributed by atoms with Crippen LogP contribution in [0.5, 0.6) is 0 Å². The van der Waals surface area contributed by atoms with Crippen molar-refractivity contribution in [2.45, 2.75) is 238 Å². The summed E-state index contributed by atoms with van der Waals surface area (Å²) in [5.74, 6) is -0.347. The predicted octanol–water partition coefficient (Wildman–Crippen LogP) is 17.8. The Kier molecular flexibility index (Phi) is 53.2. The van der Waals surface area contributed by atoms with Gasteiger partial charge in [-0.3, -0.25) is 13.8 Å². The van der Waals surface area contributed by atoms with Crippen molar-refractivity contribution in [1.29, 1.82) is 0 Å². The molecule has 0 rings (SSSR count). The van der Waals surface area contributed by atoms with E-state index in [0.717, 1.165) is 83.5 Å². The van der Waals surface area contributed by atoms with Crippen molar-refractivity contribution in [2.75, 3.05) is 33.0 Å². The Balaban J connectivity index is 4.01. The minimum atomic E-state index is -4.30. The van der Waals surface area contributed by atoms with E-state index in [9.17, 15) is 14.3 Å². The number of nitrogens with two attached hydrogens (primary N) is 1. The van der Waals surface area contributed by atoms with E-state index in [4.69, 9.17) is 24.3 Å². The molecule has 2 atom stereocenters. The highest BCUT2D eigenvalue weighted by Crippen LogP contribution is 2.43. The fraction of sp³-hybridized carbons (Fsp3) is 0.712. The van der Waals surface area contributed by atoms with Crippen molar-refractivity contribution >= 4 is 13.8 Å². The van der Waals surface area contributed by atoms with Crippen molar-refractivity contribution in [1.82, 2.24) is 0 Å². The number of esters is 1. The average Bonchev–Trinajstić information content (AvgIpc) is 3.33. The fourth-order valence-corrected chi connectivity index (χ4v) is 8.21. The van der Waals surface area contributed by atoms with Crippen LogP contribution in [-0.2, 0) is 27.9 Å². The molecule has 0 aromatic heterocycles. The summed E-state index contributed by atoms with van der Waals surface area (Å²) in [6, 6.07) is 0. The first kappa shape index (κ1) is 65.4. The van der Waals surface area contributed by atoms with Gasteiger partial charge in [0.25, 0.3) is 0 Å². The number of phosphoric ester groups is 1. The first-order valence-corrected chi connectivity index (χ1v) is 29.2. The van der Waals surface area contributed by atoms with Gasteiger partial charge in [0.1, 0.15) is 6.10 Å². The van der Waals surface area contributed by atoms with E-state index in [1.165, 1.54) is 128 Å². The van der Waals surface area contributed by atoms with Gasteiger partial charge in [0, 0.05) is 19.6 Å². The van der Waals surface area contributed by atoms with Crippen LogP contribution in [0.2, 0.25) is 0 Å². The third-order valence-electron chi connectivity index (χ3n) is 11.5. The molecule has 0 radical (unpaired) electrons. The minimum absolute atomic E-state index is 0.0816.